The molecule has 0 heterocycles. The van der Waals surface area contributed by atoms with E-state index in [0.717, 1.165) is 0 Å². The highest BCUT2D eigenvalue weighted by Gasteiger charge is 2.95. The van der Waals surface area contributed by atoms with Crippen LogP contribution in [0.4, 0.5) is 74.6 Å². The van der Waals surface area contributed by atoms with Gasteiger partial charge < -0.3 is 4.74 Å². The molecule has 0 rings (SSSR count). The zero-order chi connectivity index (χ0) is 27.3. The summed E-state index contributed by atoms with van der Waals surface area (Å²) in [6, 6.07) is 0. The zero-order valence-corrected chi connectivity index (χ0v) is 15.3. The van der Waals surface area contributed by atoms with Crippen molar-refractivity contribution in [1.82, 2.24) is 0 Å². The number of rotatable bonds is 11. The smallest absolute Gasteiger partial charge is 0.393 e. The number of halogens is 17. The summed E-state index contributed by atoms with van der Waals surface area (Å²) in [5.74, 6) is -60.1. The third-order valence-electron chi connectivity index (χ3n) is 3.90. The molecule has 196 valence electrons. The van der Waals surface area contributed by atoms with E-state index in [-0.39, 0.29) is 6.92 Å². The minimum atomic E-state index is -8.69. The molecule has 1 unspecified atom stereocenters. The summed E-state index contributed by atoms with van der Waals surface area (Å²) in [4.78, 5) is 10.5. The molecule has 0 N–H and O–H groups in total. The second kappa shape index (κ2) is 8.35. The quantitative estimate of drug-likeness (QED) is 0.173. The number of carbonyl (C=O) groups is 1. The summed E-state index contributed by atoms with van der Waals surface area (Å²) in [7, 11) is 0. The van der Waals surface area contributed by atoms with Gasteiger partial charge in [-0.05, 0) is 6.42 Å². The first kappa shape index (κ1) is 31.0. The highest BCUT2D eigenvalue weighted by atomic mass is 19.4. The molecule has 0 aliphatic heterocycles. The van der Waals surface area contributed by atoms with Gasteiger partial charge in [0, 0.05) is 6.08 Å². The number of hydrogen-bond donors (Lipinski definition) is 0. The van der Waals surface area contributed by atoms with Crippen molar-refractivity contribution in [3.63, 3.8) is 0 Å². The molecule has 33 heavy (non-hydrogen) atoms. The molecule has 0 saturated carbocycles. The largest absolute Gasteiger partial charge is 0.473 e. The molecule has 0 aliphatic rings. The first-order chi connectivity index (χ1) is 14.2. The van der Waals surface area contributed by atoms with Crippen LogP contribution in [0, 0.1) is 0 Å². The number of carbonyl (C=O) groups excluding carboxylic acids is 1. The van der Waals surface area contributed by atoms with Crippen molar-refractivity contribution in [2.24, 2.45) is 0 Å². The fourth-order valence-electron chi connectivity index (χ4n) is 1.87. The highest BCUT2D eigenvalue weighted by molar-refractivity contribution is 5.81. The lowest BCUT2D eigenvalue weighted by Crippen LogP contribution is -2.75. The van der Waals surface area contributed by atoms with E-state index in [9.17, 15) is 79.4 Å². The van der Waals surface area contributed by atoms with Gasteiger partial charge in [-0.1, -0.05) is 13.5 Å². The fourth-order valence-corrected chi connectivity index (χ4v) is 1.87. The number of esters is 1. The number of alkyl halides is 17. The molecule has 0 amide bonds. The van der Waals surface area contributed by atoms with Gasteiger partial charge in [0.15, 0.2) is 6.17 Å². The summed E-state index contributed by atoms with van der Waals surface area (Å²) in [6.45, 7) is 2.52. The first-order valence-electron chi connectivity index (χ1n) is 7.71. The SMILES string of the molecule is C=CC(=O)OC(F)(F)C(F)(F)C(F)(F)C(F)(F)C(F)(F)C(F)(F)C(F)(F)C(F)(F)C(F)CC. The molecule has 0 aromatic carbocycles. The summed E-state index contributed by atoms with van der Waals surface area (Å²) in [5, 5.41) is 0. The van der Waals surface area contributed by atoms with Crippen molar-refractivity contribution in [3.8, 4) is 0 Å². The molecule has 0 aliphatic carbocycles. The maximum absolute atomic E-state index is 13.5. The van der Waals surface area contributed by atoms with Gasteiger partial charge in [0.1, 0.15) is 0 Å². The van der Waals surface area contributed by atoms with Gasteiger partial charge in [0.2, 0.25) is 0 Å². The van der Waals surface area contributed by atoms with E-state index in [4.69, 9.17) is 0 Å². The van der Waals surface area contributed by atoms with Crippen LogP contribution in [0.15, 0.2) is 12.7 Å². The zero-order valence-electron chi connectivity index (χ0n) is 15.3. The summed E-state index contributed by atoms with van der Waals surface area (Å²) < 4.78 is 229. The molecular weight excluding hydrogens is 523 g/mol. The van der Waals surface area contributed by atoms with E-state index in [1.54, 1.807) is 0 Å². The average molecular weight is 532 g/mol. The fraction of sp³-hybridized carbons (Fsp3) is 0.786. The predicted molar refractivity (Wildman–Crippen MR) is 71.1 cm³/mol. The Kier molecular flexibility index (Phi) is 7.85. The average Bonchev–Trinajstić information content (AvgIpc) is 2.65. The third-order valence-corrected chi connectivity index (χ3v) is 3.90. The van der Waals surface area contributed by atoms with Gasteiger partial charge >= 0.3 is 53.5 Å². The second-order valence-electron chi connectivity index (χ2n) is 6.09. The lowest BCUT2D eigenvalue weighted by molar-refractivity contribution is -0.469. The van der Waals surface area contributed by atoms with E-state index in [2.05, 4.69) is 11.3 Å². The lowest BCUT2D eigenvalue weighted by atomic mass is 9.87. The monoisotopic (exact) mass is 532 g/mol. The Morgan fingerprint density at radius 1 is 0.697 bits per heavy atom. The summed E-state index contributed by atoms with van der Waals surface area (Å²) >= 11 is 0. The Labute approximate surface area is 171 Å². The van der Waals surface area contributed by atoms with Crippen molar-refractivity contribution in [2.45, 2.75) is 67.1 Å². The van der Waals surface area contributed by atoms with Gasteiger partial charge in [0.25, 0.3) is 0 Å². The normalized spacial score (nSPS) is 16.4. The van der Waals surface area contributed by atoms with Crippen molar-refractivity contribution >= 4 is 5.97 Å². The van der Waals surface area contributed by atoms with Crippen LogP contribution in [0.25, 0.3) is 0 Å². The van der Waals surface area contributed by atoms with Crippen LogP contribution >= 0.6 is 0 Å². The molecule has 0 saturated heterocycles. The minimum absolute atomic E-state index is 0.237. The van der Waals surface area contributed by atoms with Crippen LogP contribution in [-0.2, 0) is 9.53 Å². The Hall–Kier alpha value is -1.98. The van der Waals surface area contributed by atoms with Gasteiger partial charge in [-0.25, -0.2) is 9.18 Å². The molecule has 0 fully saturated rings. The van der Waals surface area contributed by atoms with Crippen LogP contribution in [0.1, 0.15) is 13.3 Å². The lowest BCUT2D eigenvalue weighted by Gasteiger charge is -2.43. The van der Waals surface area contributed by atoms with Crippen LogP contribution in [0.3, 0.4) is 0 Å². The van der Waals surface area contributed by atoms with Crippen LogP contribution in [-0.4, -0.2) is 59.7 Å². The molecule has 0 aromatic rings. The van der Waals surface area contributed by atoms with E-state index in [0.29, 0.717) is 0 Å². The van der Waals surface area contributed by atoms with Crippen molar-refractivity contribution < 1.29 is 84.2 Å². The van der Waals surface area contributed by atoms with Gasteiger partial charge in [-0.15, -0.1) is 0 Å². The van der Waals surface area contributed by atoms with E-state index < -0.39 is 72.2 Å². The van der Waals surface area contributed by atoms with Gasteiger partial charge in [-0.2, -0.15) is 70.2 Å². The Morgan fingerprint density at radius 2 is 1.00 bits per heavy atom. The Bertz CT molecular complexity index is 742. The molecule has 0 bridgehead atoms. The van der Waals surface area contributed by atoms with Crippen molar-refractivity contribution in [1.29, 1.82) is 0 Å². The standard InChI is InChI=1S/C14H9F17O2/c1-3-5(15)7(16,17)8(18,19)9(20,21)10(22,23)11(24,25)12(26,27)13(28,29)14(30,31)33-6(32)4-2/h4-5H,2-3H2,1H3. The maximum Gasteiger partial charge on any atom is 0.473 e. The second-order valence-corrected chi connectivity index (χ2v) is 6.09. The molecule has 0 spiro atoms. The Balaban J connectivity index is 6.82. The Morgan fingerprint density at radius 3 is 1.30 bits per heavy atom. The third kappa shape index (κ3) is 4.08. The van der Waals surface area contributed by atoms with E-state index >= 15 is 0 Å². The molecule has 0 aromatic heterocycles. The first-order valence-corrected chi connectivity index (χ1v) is 7.71. The van der Waals surface area contributed by atoms with E-state index in [1.807, 2.05) is 0 Å². The van der Waals surface area contributed by atoms with Crippen LogP contribution < -0.4 is 0 Å². The number of ether oxygens (including phenoxy) is 1. The highest BCUT2D eigenvalue weighted by Crippen LogP contribution is 2.64. The van der Waals surface area contributed by atoms with Crippen LogP contribution in [0.2, 0.25) is 0 Å². The topological polar surface area (TPSA) is 26.3 Å². The van der Waals surface area contributed by atoms with Crippen molar-refractivity contribution in [3.05, 3.63) is 12.7 Å². The summed E-state index contributed by atoms with van der Waals surface area (Å²) in [6.07, 6.45) is -14.0. The minimum Gasteiger partial charge on any atom is -0.393 e. The van der Waals surface area contributed by atoms with Crippen molar-refractivity contribution in [2.75, 3.05) is 0 Å². The summed E-state index contributed by atoms with van der Waals surface area (Å²) in [5.41, 5.74) is 0. The van der Waals surface area contributed by atoms with Gasteiger partial charge in [0.05, 0.1) is 0 Å². The molecule has 2 nitrogen and oxygen atoms in total. The molecule has 19 heteroatoms. The van der Waals surface area contributed by atoms with E-state index in [1.165, 1.54) is 0 Å². The predicted octanol–water partition coefficient (Wildman–Crippen LogP) is 6.50. The molecule has 0 radical (unpaired) electrons. The maximum atomic E-state index is 13.5. The molecular formula is C14H9F17O2. The van der Waals surface area contributed by atoms with Crippen LogP contribution in [0.5, 0.6) is 0 Å². The molecule has 1 atom stereocenters. The van der Waals surface area contributed by atoms with Gasteiger partial charge in [-0.3, -0.25) is 0 Å². The number of hydrogen-bond acceptors (Lipinski definition) is 2.